The molecule has 0 fully saturated rings. The van der Waals surface area contributed by atoms with Crippen LogP contribution in [0.4, 0.5) is 5.69 Å². The summed E-state index contributed by atoms with van der Waals surface area (Å²) in [4.78, 5) is 12.5. The number of nitrogens with one attached hydrogen (secondary N) is 1. The van der Waals surface area contributed by atoms with Gasteiger partial charge in [-0.1, -0.05) is 66.2 Å². The fourth-order valence-electron chi connectivity index (χ4n) is 3.39. The summed E-state index contributed by atoms with van der Waals surface area (Å²) in [6, 6.07) is 25.3. The second-order valence-electron chi connectivity index (χ2n) is 7.14. The van der Waals surface area contributed by atoms with Gasteiger partial charge in [0.05, 0.1) is 27.8 Å². The Kier molecular flexibility index (Phi) is 6.05. The van der Waals surface area contributed by atoms with E-state index in [0.717, 1.165) is 28.2 Å². The van der Waals surface area contributed by atoms with E-state index in [1.54, 1.807) is 6.07 Å². The summed E-state index contributed by atoms with van der Waals surface area (Å²) in [6.07, 6.45) is 0. The number of para-hydroxylation sites is 1. The van der Waals surface area contributed by atoms with Crippen LogP contribution in [0.5, 0.6) is 5.75 Å². The van der Waals surface area contributed by atoms with E-state index in [1.807, 2.05) is 91.3 Å². The molecule has 0 saturated carbocycles. The van der Waals surface area contributed by atoms with Crippen molar-refractivity contribution in [3.63, 3.8) is 0 Å². The average Bonchev–Trinajstić information content (AvgIpc) is 3.07. The first kappa shape index (κ1) is 20.7. The van der Waals surface area contributed by atoms with Gasteiger partial charge in [0, 0.05) is 0 Å². The summed E-state index contributed by atoms with van der Waals surface area (Å²) in [5, 5.41) is 7.91. The third-order valence-corrected chi connectivity index (χ3v) is 5.25. The van der Waals surface area contributed by atoms with E-state index in [0.29, 0.717) is 16.5 Å². The van der Waals surface area contributed by atoms with E-state index >= 15 is 0 Å². The van der Waals surface area contributed by atoms with E-state index in [9.17, 15) is 4.79 Å². The largest absolute Gasteiger partial charge is 0.482 e. The maximum atomic E-state index is 12.5. The molecule has 156 valence electrons. The van der Waals surface area contributed by atoms with E-state index in [2.05, 4.69) is 10.4 Å². The number of halogens is 1. The minimum absolute atomic E-state index is 0.153. The Morgan fingerprint density at radius 1 is 0.968 bits per heavy atom. The molecule has 0 atom stereocenters. The fraction of sp³-hybridized carbons (Fsp3) is 0.120. The Hall–Kier alpha value is -3.57. The molecule has 0 saturated heterocycles. The van der Waals surface area contributed by atoms with Gasteiger partial charge < -0.3 is 10.1 Å². The molecule has 0 radical (unpaired) electrons. The Morgan fingerprint density at radius 2 is 1.65 bits per heavy atom. The van der Waals surface area contributed by atoms with Gasteiger partial charge in [-0.05, 0) is 49.2 Å². The summed E-state index contributed by atoms with van der Waals surface area (Å²) >= 11 is 6.37. The van der Waals surface area contributed by atoms with Gasteiger partial charge in [0.2, 0.25) is 0 Å². The van der Waals surface area contributed by atoms with E-state index < -0.39 is 0 Å². The minimum atomic E-state index is -0.276. The molecule has 4 aromatic rings. The number of hydrogen-bond donors (Lipinski definition) is 1. The monoisotopic (exact) mass is 431 g/mol. The number of nitrogens with zero attached hydrogens (tertiary/aromatic N) is 2. The van der Waals surface area contributed by atoms with Gasteiger partial charge in [0.25, 0.3) is 5.91 Å². The van der Waals surface area contributed by atoms with Crippen LogP contribution in [-0.4, -0.2) is 22.3 Å². The van der Waals surface area contributed by atoms with Crippen LogP contribution in [0.15, 0.2) is 78.9 Å². The number of carbonyl (C=O) groups excluding carboxylic acids is 1. The highest BCUT2D eigenvalue weighted by atomic mass is 35.5. The standard InChI is InChI=1S/C25H22ClN3O2/c1-17-25(18(2)29(28-17)21-11-7-4-8-12-21)27-24(30)16-31-23-14-13-20(15-22(23)26)19-9-5-3-6-10-19/h3-15H,16H2,1-2H3,(H,27,30). The Balaban J connectivity index is 1.43. The summed E-state index contributed by atoms with van der Waals surface area (Å²) in [5.41, 5.74) is 5.26. The van der Waals surface area contributed by atoms with Crippen LogP contribution in [0, 0.1) is 13.8 Å². The zero-order valence-corrected chi connectivity index (χ0v) is 18.1. The lowest BCUT2D eigenvalue weighted by Gasteiger charge is -2.11. The molecule has 31 heavy (non-hydrogen) atoms. The van der Waals surface area contributed by atoms with Gasteiger partial charge >= 0.3 is 0 Å². The molecule has 0 aliphatic heterocycles. The summed E-state index contributed by atoms with van der Waals surface area (Å²) < 4.78 is 7.47. The van der Waals surface area contributed by atoms with Crippen LogP contribution in [0.1, 0.15) is 11.4 Å². The molecule has 0 aliphatic rings. The van der Waals surface area contributed by atoms with Gasteiger partial charge in [0.1, 0.15) is 5.75 Å². The number of anilines is 1. The maximum Gasteiger partial charge on any atom is 0.262 e. The smallest absolute Gasteiger partial charge is 0.262 e. The van der Waals surface area contributed by atoms with Crippen LogP contribution in [0.25, 0.3) is 16.8 Å². The molecule has 1 amide bonds. The molecule has 1 aromatic heterocycles. The lowest BCUT2D eigenvalue weighted by atomic mass is 10.1. The number of carbonyl (C=O) groups is 1. The van der Waals surface area contributed by atoms with Crippen molar-refractivity contribution in [2.45, 2.75) is 13.8 Å². The van der Waals surface area contributed by atoms with Crippen molar-refractivity contribution < 1.29 is 9.53 Å². The van der Waals surface area contributed by atoms with Gasteiger partial charge in [0.15, 0.2) is 6.61 Å². The molecule has 0 unspecified atom stereocenters. The van der Waals surface area contributed by atoms with Crippen LogP contribution < -0.4 is 10.1 Å². The highest BCUT2D eigenvalue weighted by molar-refractivity contribution is 6.32. The normalized spacial score (nSPS) is 10.7. The van der Waals surface area contributed by atoms with E-state index in [4.69, 9.17) is 16.3 Å². The average molecular weight is 432 g/mol. The van der Waals surface area contributed by atoms with Crippen molar-refractivity contribution in [3.05, 3.63) is 95.3 Å². The molecule has 4 rings (SSSR count). The third kappa shape index (κ3) is 4.62. The molecule has 1 heterocycles. The van der Waals surface area contributed by atoms with Crippen molar-refractivity contribution in [1.29, 1.82) is 0 Å². The second-order valence-corrected chi connectivity index (χ2v) is 7.55. The highest BCUT2D eigenvalue weighted by Crippen LogP contribution is 2.30. The van der Waals surface area contributed by atoms with Crippen molar-refractivity contribution in [1.82, 2.24) is 9.78 Å². The Labute approximate surface area is 186 Å². The number of aromatic nitrogens is 2. The van der Waals surface area contributed by atoms with Crippen LogP contribution >= 0.6 is 11.6 Å². The van der Waals surface area contributed by atoms with Gasteiger partial charge in [-0.3, -0.25) is 4.79 Å². The highest BCUT2D eigenvalue weighted by Gasteiger charge is 2.16. The summed E-state index contributed by atoms with van der Waals surface area (Å²) in [7, 11) is 0. The van der Waals surface area contributed by atoms with E-state index in [-0.39, 0.29) is 12.5 Å². The zero-order valence-electron chi connectivity index (χ0n) is 17.3. The van der Waals surface area contributed by atoms with Crippen molar-refractivity contribution in [3.8, 4) is 22.6 Å². The fourth-order valence-corrected chi connectivity index (χ4v) is 3.63. The van der Waals surface area contributed by atoms with Crippen LogP contribution in [0.2, 0.25) is 5.02 Å². The lowest BCUT2D eigenvalue weighted by molar-refractivity contribution is -0.118. The first-order valence-electron chi connectivity index (χ1n) is 9.92. The van der Waals surface area contributed by atoms with Crippen molar-refractivity contribution in [2.75, 3.05) is 11.9 Å². The maximum absolute atomic E-state index is 12.5. The topological polar surface area (TPSA) is 56.2 Å². The SMILES string of the molecule is Cc1nn(-c2ccccc2)c(C)c1NC(=O)COc1ccc(-c2ccccc2)cc1Cl. The van der Waals surface area contributed by atoms with Crippen LogP contribution in [-0.2, 0) is 4.79 Å². The predicted octanol–water partition coefficient (Wildman–Crippen LogP) is 5.83. The zero-order chi connectivity index (χ0) is 21.8. The third-order valence-electron chi connectivity index (χ3n) is 4.95. The summed E-state index contributed by atoms with van der Waals surface area (Å²) in [5.74, 6) is 0.187. The van der Waals surface area contributed by atoms with Crippen LogP contribution in [0.3, 0.4) is 0 Å². The molecule has 3 aromatic carbocycles. The number of benzene rings is 3. The number of hydrogen-bond acceptors (Lipinski definition) is 3. The van der Waals surface area contributed by atoms with E-state index in [1.165, 1.54) is 0 Å². The number of aryl methyl sites for hydroxylation is 1. The first-order chi connectivity index (χ1) is 15.0. The Bertz CT molecular complexity index is 1200. The van der Waals surface area contributed by atoms with Gasteiger partial charge in [-0.2, -0.15) is 5.10 Å². The quantitative estimate of drug-likeness (QED) is 0.418. The number of amides is 1. The predicted molar refractivity (Wildman–Crippen MR) is 124 cm³/mol. The minimum Gasteiger partial charge on any atom is -0.482 e. The lowest BCUT2D eigenvalue weighted by Crippen LogP contribution is -2.21. The molecule has 0 spiro atoms. The van der Waals surface area contributed by atoms with Crippen molar-refractivity contribution >= 4 is 23.2 Å². The first-order valence-corrected chi connectivity index (χ1v) is 10.3. The number of ether oxygens (including phenoxy) is 1. The summed E-state index contributed by atoms with van der Waals surface area (Å²) in [6.45, 7) is 3.63. The molecule has 1 N–H and O–H groups in total. The molecule has 5 nitrogen and oxygen atoms in total. The number of rotatable bonds is 6. The molecular formula is C25H22ClN3O2. The van der Waals surface area contributed by atoms with Gasteiger partial charge in [-0.15, -0.1) is 0 Å². The molecule has 0 aliphatic carbocycles. The molecular weight excluding hydrogens is 410 g/mol. The molecule has 6 heteroatoms. The second kappa shape index (κ2) is 9.06. The van der Waals surface area contributed by atoms with Gasteiger partial charge in [-0.25, -0.2) is 4.68 Å². The molecule has 0 bridgehead atoms. The Morgan fingerprint density at radius 3 is 2.32 bits per heavy atom. The van der Waals surface area contributed by atoms with Crippen molar-refractivity contribution in [2.24, 2.45) is 0 Å².